The molecule has 30 heavy (non-hydrogen) atoms. The summed E-state index contributed by atoms with van der Waals surface area (Å²) in [5, 5.41) is 13.5. The Morgan fingerprint density at radius 1 is 1.30 bits per heavy atom. The van der Waals surface area contributed by atoms with E-state index in [9.17, 15) is 14.7 Å². The summed E-state index contributed by atoms with van der Waals surface area (Å²) in [7, 11) is 0. The maximum Gasteiger partial charge on any atom is 0.337 e. The van der Waals surface area contributed by atoms with Gasteiger partial charge in [-0.1, -0.05) is 19.9 Å². The van der Waals surface area contributed by atoms with Crippen LogP contribution < -0.4 is 10.1 Å². The van der Waals surface area contributed by atoms with Crippen LogP contribution in [0.2, 0.25) is 0 Å². The van der Waals surface area contributed by atoms with Gasteiger partial charge >= 0.3 is 5.97 Å². The number of Topliss-reactive ketones (excluding diaryl/α,β-unsaturated/α-hetero) is 1. The molecule has 2 aliphatic rings. The summed E-state index contributed by atoms with van der Waals surface area (Å²) < 4.78 is 11.1. The summed E-state index contributed by atoms with van der Waals surface area (Å²) in [6.45, 7) is 11.8. The number of rotatable bonds is 5. The number of carbonyl (C=O) groups excluding carboxylic acids is 2. The van der Waals surface area contributed by atoms with Crippen LogP contribution in [0.25, 0.3) is 0 Å². The number of hydrogen-bond acceptors (Lipinski definition) is 6. The number of aromatic hydroxyl groups is 1. The Morgan fingerprint density at radius 3 is 2.63 bits per heavy atom. The van der Waals surface area contributed by atoms with Gasteiger partial charge in [-0.15, -0.1) is 0 Å². The smallest absolute Gasteiger partial charge is 0.337 e. The first-order valence-electron chi connectivity index (χ1n) is 10.4. The van der Waals surface area contributed by atoms with E-state index in [0.29, 0.717) is 47.6 Å². The Morgan fingerprint density at radius 2 is 2.00 bits per heavy atom. The first kappa shape index (κ1) is 21.9. The number of benzene rings is 1. The summed E-state index contributed by atoms with van der Waals surface area (Å²) >= 11 is 0. The van der Waals surface area contributed by atoms with Crippen LogP contribution in [0.5, 0.6) is 11.5 Å². The molecule has 1 aromatic carbocycles. The minimum Gasteiger partial charge on any atom is -0.504 e. The lowest BCUT2D eigenvalue weighted by atomic mass is 9.68. The standard InChI is InChI=1S/C24H31NO5/c1-7-29-19-10-15(8-9-17(19)26)21-20(23(28)30-13(2)3)14(4)25-16-11-24(5,6)12-18(27)22(16)21/h8-10,13,21,25-26H,7,11-12H2,1-6H3/t21-/m0/s1. The molecule has 1 heterocycles. The topological polar surface area (TPSA) is 84.9 Å². The molecule has 162 valence electrons. The number of nitrogens with one attached hydrogen (secondary N) is 1. The van der Waals surface area contributed by atoms with Crippen molar-refractivity contribution in [2.75, 3.05) is 6.61 Å². The zero-order chi connectivity index (χ0) is 22.2. The van der Waals surface area contributed by atoms with Crippen molar-refractivity contribution < 1.29 is 24.2 Å². The molecule has 3 rings (SSSR count). The van der Waals surface area contributed by atoms with Gasteiger partial charge in [-0.05, 0) is 57.2 Å². The van der Waals surface area contributed by atoms with Crippen LogP contribution in [-0.4, -0.2) is 29.6 Å². The van der Waals surface area contributed by atoms with E-state index in [-0.39, 0.29) is 23.1 Å². The second kappa shape index (κ2) is 8.17. The predicted octanol–water partition coefficient (Wildman–Crippen LogP) is 4.35. The normalized spacial score (nSPS) is 20.8. The van der Waals surface area contributed by atoms with Crippen LogP contribution in [0.3, 0.4) is 0 Å². The summed E-state index contributed by atoms with van der Waals surface area (Å²) in [5.74, 6) is -0.654. The van der Waals surface area contributed by atoms with Crippen molar-refractivity contribution in [1.29, 1.82) is 0 Å². The Hall–Kier alpha value is -2.76. The monoisotopic (exact) mass is 413 g/mol. The van der Waals surface area contributed by atoms with Gasteiger partial charge in [0.15, 0.2) is 17.3 Å². The largest absolute Gasteiger partial charge is 0.504 e. The third-order valence-electron chi connectivity index (χ3n) is 5.42. The summed E-state index contributed by atoms with van der Waals surface area (Å²) in [5.41, 5.74) is 3.11. The second-order valence-electron chi connectivity index (χ2n) is 9.04. The third kappa shape index (κ3) is 4.23. The molecule has 0 saturated carbocycles. The molecule has 0 unspecified atom stereocenters. The summed E-state index contributed by atoms with van der Waals surface area (Å²) in [4.78, 5) is 26.3. The van der Waals surface area contributed by atoms with E-state index >= 15 is 0 Å². The van der Waals surface area contributed by atoms with E-state index in [2.05, 4.69) is 19.2 Å². The van der Waals surface area contributed by atoms with Gasteiger partial charge in [0.2, 0.25) is 0 Å². The quantitative estimate of drug-likeness (QED) is 0.698. The van der Waals surface area contributed by atoms with Crippen molar-refractivity contribution in [2.45, 2.75) is 66.4 Å². The van der Waals surface area contributed by atoms with Crippen LogP contribution in [-0.2, 0) is 14.3 Å². The minimum absolute atomic E-state index is 0.0202. The second-order valence-corrected chi connectivity index (χ2v) is 9.04. The molecule has 0 bridgehead atoms. The molecule has 0 spiro atoms. The predicted molar refractivity (Wildman–Crippen MR) is 114 cm³/mol. The van der Waals surface area contributed by atoms with E-state index < -0.39 is 11.9 Å². The van der Waals surface area contributed by atoms with Crippen LogP contribution in [0.4, 0.5) is 0 Å². The molecule has 0 amide bonds. The molecule has 1 atom stereocenters. The van der Waals surface area contributed by atoms with Crippen molar-refractivity contribution in [1.82, 2.24) is 5.32 Å². The van der Waals surface area contributed by atoms with Crippen LogP contribution >= 0.6 is 0 Å². The maximum absolute atomic E-state index is 13.2. The molecule has 6 heteroatoms. The van der Waals surface area contributed by atoms with E-state index in [1.165, 1.54) is 0 Å². The number of ether oxygens (including phenoxy) is 2. The average Bonchev–Trinajstić information content (AvgIpc) is 2.60. The summed E-state index contributed by atoms with van der Waals surface area (Å²) in [6.07, 6.45) is 0.838. The van der Waals surface area contributed by atoms with Crippen molar-refractivity contribution in [3.05, 3.63) is 46.3 Å². The lowest BCUT2D eigenvalue weighted by molar-refractivity contribution is -0.143. The first-order valence-corrected chi connectivity index (χ1v) is 10.4. The zero-order valence-corrected chi connectivity index (χ0v) is 18.6. The average molecular weight is 414 g/mol. The Kier molecular flexibility index (Phi) is 5.97. The first-order chi connectivity index (χ1) is 14.0. The fraction of sp³-hybridized carbons (Fsp3) is 0.500. The highest BCUT2D eigenvalue weighted by Crippen LogP contribution is 2.47. The molecule has 0 fully saturated rings. The highest BCUT2D eigenvalue weighted by atomic mass is 16.5. The number of phenolic OH excluding ortho intramolecular Hbond substituents is 1. The molecule has 2 N–H and O–H groups in total. The third-order valence-corrected chi connectivity index (χ3v) is 5.42. The van der Waals surface area contributed by atoms with Gasteiger partial charge in [-0.2, -0.15) is 0 Å². The highest BCUT2D eigenvalue weighted by molar-refractivity contribution is 6.04. The van der Waals surface area contributed by atoms with E-state index in [0.717, 1.165) is 5.70 Å². The van der Waals surface area contributed by atoms with Crippen LogP contribution in [0, 0.1) is 5.41 Å². The number of ketones is 1. The van der Waals surface area contributed by atoms with Gasteiger partial charge in [-0.3, -0.25) is 4.79 Å². The molecule has 0 aromatic heterocycles. The highest BCUT2D eigenvalue weighted by Gasteiger charge is 2.43. The fourth-order valence-electron chi connectivity index (χ4n) is 4.30. The minimum atomic E-state index is -0.573. The number of dihydropyridines is 1. The number of esters is 1. The van der Waals surface area contributed by atoms with Gasteiger partial charge in [0, 0.05) is 29.3 Å². The molecule has 0 saturated heterocycles. The van der Waals surface area contributed by atoms with E-state index in [1.54, 1.807) is 32.0 Å². The van der Waals surface area contributed by atoms with Gasteiger partial charge < -0.3 is 19.9 Å². The molecule has 6 nitrogen and oxygen atoms in total. The van der Waals surface area contributed by atoms with Crippen molar-refractivity contribution in [2.24, 2.45) is 5.41 Å². The van der Waals surface area contributed by atoms with Gasteiger partial charge in [-0.25, -0.2) is 4.79 Å². The molecule has 0 radical (unpaired) electrons. The number of hydrogen-bond donors (Lipinski definition) is 2. The van der Waals surface area contributed by atoms with Gasteiger partial charge in [0.25, 0.3) is 0 Å². The fourth-order valence-corrected chi connectivity index (χ4v) is 4.30. The maximum atomic E-state index is 13.2. The molecule has 1 aromatic rings. The van der Waals surface area contributed by atoms with Crippen molar-refractivity contribution in [3.63, 3.8) is 0 Å². The molecule has 1 aliphatic carbocycles. The van der Waals surface area contributed by atoms with E-state index in [1.807, 2.05) is 13.8 Å². The van der Waals surface area contributed by atoms with Crippen LogP contribution in [0.1, 0.15) is 65.9 Å². The number of carbonyl (C=O) groups is 2. The Bertz CT molecular complexity index is 939. The number of allylic oxidation sites excluding steroid dienone is 3. The molecular formula is C24H31NO5. The Balaban J connectivity index is 2.19. The zero-order valence-electron chi connectivity index (χ0n) is 18.6. The van der Waals surface area contributed by atoms with Crippen LogP contribution in [0.15, 0.2) is 40.7 Å². The Labute approximate surface area is 178 Å². The van der Waals surface area contributed by atoms with Gasteiger partial charge in [0.05, 0.1) is 18.3 Å². The summed E-state index contributed by atoms with van der Waals surface area (Å²) in [6, 6.07) is 4.99. The van der Waals surface area contributed by atoms with E-state index in [4.69, 9.17) is 9.47 Å². The lowest BCUT2D eigenvalue weighted by Crippen LogP contribution is -2.39. The number of phenols is 1. The van der Waals surface area contributed by atoms with Gasteiger partial charge in [0.1, 0.15) is 0 Å². The lowest BCUT2D eigenvalue weighted by Gasteiger charge is -2.39. The SMILES string of the molecule is CCOc1cc([C@H]2C(C(=O)OC(C)C)=C(C)NC3=C2C(=O)CC(C)(C)C3)ccc1O. The van der Waals surface area contributed by atoms with Crippen molar-refractivity contribution in [3.8, 4) is 11.5 Å². The van der Waals surface area contributed by atoms with Crippen molar-refractivity contribution >= 4 is 11.8 Å². The molecular weight excluding hydrogens is 382 g/mol. The molecule has 1 aliphatic heterocycles.